The molecule has 1 N–H and O–H groups in total. The maximum Gasteiger partial charge on any atom is 0.250 e. The summed E-state index contributed by atoms with van der Waals surface area (Å²) in [5.74, 6) is 0.900. The zero-order chi connectivity index (χ0) is 28.6. The lowest BCUT2D eigenvalue weighted by Crippen LogP contribution is -2.63. The van der Waals surface area contributed by atoms with Gasteiger partial charge in [-0.1, -0.05) is 98.1 Å². The van der Waals surface area contributed by atoms with Gasteiger partial charge in [-0.05, 0) is 78.8 Å². The van der Waals surface area contributed by atoms with Gasteiger partial charge in [-0.15, -0.1) is 0 Å². The topological polar surface area (TPSA) is 49.4 Å². The van der Waals surface area contributed by atoms with E-state index in [9.17, 15) is 4.79 Å². The highest BCUT2D eigenvalue weighted by atomic mass is 35.5. The highest BCUT2D eigenvalue weighted by Crippen LogP contribution is 2.73. The molecule has 214 valence electrons. The lowest BCUT2D eigenvalue weighted by molar-refractivity contribution is -0.148. The molecule has 0 aromatic heterocycles. The van der Waals surface area contributed by atoms with Gasteiger partial charge in [0.1, 0.15) is 5.54 Å². The zero-order valence-electron chi connectivity index (χ0n) is 24.1. The normalized spacial score (nSPS) is 36.3. The molecule has 0 bridgehead atoms. The number of amides is 1. The summed E-state index contributed by atoms with van der Waals surface area (Å²) in [7, 11) is 0. The Kier molecular flexibility index (Phi) is 6.07. The van der Waals surface area contributed by atoms with Crippen molar-refractivity contribution >= 4 is 35.1 Å². The smallest absolute Gasteiger partial charge is 0.250 e. The van der Waals surface area contributed by atoms with Gasteiger partial charge in [0, 0.05) is 34.3 Å². The molecule has 5 aliphatic rings. The summed E-state index contributed by atoms with van der Waals surface area (Å²) >= 11 is 6.51. The van der Waals surface area contributed by atoms with Crippen LogP contribution in [0.3, 0.4) is 0 Å². The number of fused-ring (bicyclic) bond motifs is 7. The lowest BCUT2D eigenvalue weighted by atomic mass is 9.51. The van der Waals surface area contributed by atoms with Crippen LogP contribution in [-0.4, -0.2) is 28.7 Å². The van der Waals surface area contributed by atoms with Crippen LogP contribution in [0.4, 0.5) is 5.69 Å². The van der Waals surface area contributed by atoms with Crippen LogP contribution in [0, 0.1) is 17.3 Å². The summed E-state index contributed by atoms with van der Waals surface area (Å²) in [4.78, 5) is 33.1. The van der Waals surface area contributed by atoms with E-state index < -0.39 is 11.0 Å². The van der Waals surface area contributed by atoms with Crippen molar-refractivity contribution in [2.75, 3.05) is 5.32 Å². The highest BCUT2D eigenvalue weighted by Gasteiger charge is 2.80. The Hall–Kier alpha value is -3.21. The number of halogens is 1. The number of benzene rings is 3. The molecule has 2 saturated carbocycles. The molecule has 3 aromatic carbocycles. The number of Topliss-reactive ketones (excluding diaryl/α,β-unsaturated/α-hetero) is 1. The first kappa shape index (κ1) is 26.4. The SMILES string of the molecule is C[C@@H]1[C@@H]2CCCC[C@@H]2N2[C@H]1[C@@H](c1ccccc1)[C@@]1(CCC/C(=C\c3ccccc3)C1=O)[C@@]21C(=O)Nc2cc(Cl)ccc21. The number of carbonyl (C=O) groups excluding carboxylic acids is 2. The highest BCUT2D eigenvalue weighted by molar-refractivity contribution is 6.31. The van der Waals surface area contributed by atoms with E-state index in [0.29, 0.717) is 23.3 Å². The first-order valence-electron chi connectivity index (χ1n) is 15.7. The molecule has 3 aliphatic heterocycles. The molecule has 0 radical (unpaired) electrons. The summed E-state index contributed by atoms with van der Waals surface area (Å²) < 4.78 is 0. The number of anilines is 1. The molecule has 7 atom stereocenters. The van der Waals surface area contributed by atoms with Crippen LogP contribution in [0.5, 0.6) is 0 Å². The molecular weight excluding hydrogens is 540 g/mol. The van der Waals surface area contributed by atoms with Crippen molar-refractivity contribution in [2.45, 2.75) is 75.4 Å². The molecule has 3 aromatic rings. The van der Waals surface area contributed by atoms with Crippen LogP contribution in [0.25, 0.3) is 6.08 Å². The number of carbonyl (C=O) groups is 2. The van der Waals surface area contributed by atoms with Crippen molar-refractivity contribution in [1.29, 1.82) is 0 Å². The van der Waals surface area contributed by atoms with Gasteiger partial charge in [0.25, 0.3) is 5.91 Å². The molecule has 3 heterocycles. The summed E-state index contributed by atoms with van der Waals surface area (Å²) in [6, 6.07) is 27.0. The van der Waals surface area contributed by atoms with E-state index in [4.69, 9.17) is 11.6 Å². The summed E-state index contributed by atoms with van der Waals surface area (Å²) in [6.07, 6.45) is 9.03. The van der Waals surface area contributed by atoms with E-state index in [1.807, 2.05) is 36.4 Å². The van der Waals surface area contributed by atoms with Crippen LogP contribution in [0.1, 0.15) is 74.5 Å². The quantitative estimate of drug-likeness (QED) is 0.315. The van der Waals surface area contributed by atoms with Crippen LogP contribution < -0.4 is 5.32 Å². The maximum absolute atomic E-state index is 15.5. The maximum atomic E-state index is 15.5. The Morgan fingerprint density at radius 3 is 2.45 bits per heavy atom. The number of nitrogens with one attached hydrogen (secondary N) is 1. The standard InChI is InChI=1S/C37H37ClN2O2/c1-23-28-16-8-9-17-31(28)40-33(23)32(25-13-6-3-7-14-25)36(37(40)29-19-18-27(38)22-30(29)39-35(37)42)20-10-15-26(34(36)41)21-24-11-4-2-5-12-24/h2-7,11-14,18-19,21-23,28,31-33H,8-10,15-17,20H2,1H3,(H,39,42)/b26-21+/t23-,28+,31+,32-,33-,36-,37-/m1/s1. The fourth-order valence-electron chi connectivity index (χ4n) is 10.2. The lowest BCUT2D eigenvalue weighted by Gasteiger charge is -2.51. The van der Waals surface area contributed by atoms with E-state index in [0.717, 1.165) is 41.6 Å². The molecule has 2 aliphatic carbocycles. The molecule has 4 nitrogen and oxygen atoms in total. The fraction of sp³-hybridized carbons (Fsp3) is 0.405. The Labute approximate surface area is 253 Å². The monoisotopic (exact) mass is 576 g/mol. The van der Waals surface area contributed by atoms with Gasteiger partial charge in [0.05, 0.1) is 5.41 Å². The molecule has 2 saturated heterocycles. The number of allylic oxidation sites excluding steroid dienone is 1. The van der Waals surface area contributed by atoms with Gasteiger partial charge in [0.2, 0.25) is 0 Å². The Morgan fingerprint density at radius 1 is 0.929 bits per heavy atom. The minimum Gasteiger partial charge on any atom is -0.324 e. The number of nitrogens with zero attached hydrogens (tertiary/aromatic N) is 1. The number of hydrogen-bond acceptors (Lipinski definition) is 3. The van der Waals surface area contributed by atoms with Gasteiger partial charge >= 0.3 is 0 Å². The van der Waals surface area contributed by atoms with Crippen molar-refractivity contribution in [1.82, 2.24) is 4.90 Å². The number of rotatable bonds is 2. The van der Waals surface area contributed by atoms with Crippen molar-refractivity contribution in [3.63, 3.8) is 0 Å². The Balaban J connectivity index is 1.45. The van der Waals surface area contributed by atoms with E-state index in [-0.39, 0.29) is 29.7 Å². The zero-order valence-corrected chi connectivity index (χ0v) is 24.8. The molecule has 5 heteroatoms. The second kappa shape index (κ2) is 9.65. The minimum atomic E-state index is -1.09. The van der Waals surface area contributed by atoms with Crippen LogP contribution in [-0.2, 0) is 15.1 Å². The average Bonchev–Trinajstić information content (AvgIpc) is 3.57. The van der Waals surface area contributed by atoms with E-state index >= 15 is 4.79 Å². The van der Waals surface area contributed by atoms with Gasteiger partial charge in [-0.25, -0.2) is 0 Å². The summed E-state index contributed by atoms with van der Waals surface area (Å²) in [5, 5.41) is 3.88. The fourth-order valence-corrected chi connectivity index (χ4v) is 10.4. The predicted molar refractivity (Wildman–Crippen MR) is 167 cm³/mol. The number of hydrogen-bond donors (Lipinski definition) is 1. The summed E-state index contributed by atoms with van der Waals surface area (Å²) in [5.41, 5.74) is 2.74. The Bertz CT molecular complexity index is 1600. The van der Waals surface area contributed by atoms with E-state index in [1.54, 1.807) is 0 Å². The van der Waals surface area contributed by atoms with E-state index in [1.165, 1.54) is 24.8 Å². The van der Waals surface area contributed by atoms with Gasteiger partial charge in [-0.3, -0.25) is 14.5 Å². The van der Waals surface area contributed by atoms with Gasteiger partial charge < -0.3 is 5.32 Å². The Morgan fingerprint density at radius 2 is 1.67 bits per heavy atom. The third-order valence-corrected chi connectivity index (χ3v) is 11.8. The van der Waals surface area contributed by atoms with Gasteiger partial charge in [0.15, 0.2) is 5.78 Å². The molecule has 0 unspecified atom stereocenters. The van der Waals surface area contributed by atoms with E-state index in [2.05, 4.69) is 65.7 Å². The summed E-state index contributed by atoms with van der Waals surface area (Å²) in [6.45, 7) is 2.40. The van der Waals surface area contributed by atoms with Crippen LogP contribution in [0.15, 0.2) is 84.4 Å². The van der Waals surface area contributed by atoms with Crippen LogP contribution >= 0.6 is 11.6 Å². The molecule has 8 rings (SSSR count). The van der Waals surface area contributed by atoms with Crippen molar-refractivity contribution in [3.05, 3.63) is 106 Å². The second-order valence-electron chi connectivity index (χ2n) is 13.2. The van der Waals surface area contributed by atoms with Crippen molar-refractivity contribution < 1.29 is 9.59 Å². The van der Waals surface area contributed by atoms with Crippen LogP contribution in [0.2, 0.25) is 5.02 Å². The first-order chi connectivity index (χ1) is 20.5. The molecular formula is C37H37ClN2O2. The third kappa shape index (κ3) is 3.34. The second-order valence-corrected chi connectivity index (χ2v) is 13.7. The third-order valence-electron chi connectivity index (χ3n) is 11.5. The largest absolute Gasteiger partial charge is 0.324 e. The number of ketones is 1. The minimum absolute atomic E-state index is 0.0454. The van der Waals surface area contributed by atoms with Crippen molar-refractivity contribution in [3.8, 4) is 0 Å². The first-order valence-corrected chi connectivity index (χ1v) is 16.1. The molecule has 2 spiro atoms. The molecule has 1 amide bonds. The average molecular weight is 577 g/mol. The predicted octanol–water partition coefficient (Wildman–Crippen LogP) is 7.99. The van der Waals surface area contributed by atoms with Crippen molar-refractivity contribution in [2.24, 2.45) is 17.3 Å². The molecule has 42 heavy (non-hydrogen) atoms. The molecule has 4 fully saturated rings. The van der Waals surface area contributed by atoms with Gasteiger partial charge in [-0.2, -0.15) is 0 Å².